The highest BCUT2D eigenvalue weighted by molar-refractivity contribution is 5.75. The molecular weight excluding hydrogens is 282 g/mol. The second-order valence-corrected chi connectivity index (χ2v) is 6.23. The van der Waals surface area contributed by atoms with Crippen molar-refractivity contribution in [3.8, 4) is 5.75 Å². The van der Waals surface area contributed by atoms with Crippen molar-refractivity contribution in [3.63, 3.8) is 0 Å². The van der Waals surface area contributed by atoms with Crippen LogP contribution in [0, 0.1) is 0 Å². The summed E-state index contributed by atoms with van der Waals surface area (Å²) in [6.45, 7) is 5.85. The van der Waals surface area contributed by atoms with E-state index >= 15 is 0 Å². The molecule has 3 N–H and O–H groups in total. The van der Waals surface area contributed by atoms with Gasteiger partial charge >= 0.3 is 0 Å². The summed E-state index contributed by atoms with van der Waals surface area (Å²) < 4.78 is 5.53. The van der Waals surface area contributed by atoms with Crippen LogP contribution in [0.4, 0.5) is 0 Å². The summed E-state index contributed by atoms with van der Waals surface area (Å²) in [4.78, 5) is 10.9. The van der Waals surface area contributed by atoms with Crippen LogP contribution in [-0.2, 0) is 11.2 Å². The number of aryl methyl sites for hydroxylation is 1. The molecule has 0 fully saturated rings. The minimum absolute atomic E-state index is 0.00228. The lowest BCUT2D eigenvalue weighted by Gasteiger charge is -2.25. The van der Waals surface area contributed by atoms with Crippen molar-refractivity contribution in [2.45, 2.75) is 45.3 Å². The Morgan fingerprint density at radius 2 is 1.95 bits per heavy atom. The van der Waals surface area contributed by atoms with Crippen LogP contribution in [-0.4, -0.2) is 47.4 Å². The maximum absolute atomic E-state index is 10.9. The predicted molar refractivity (Wildman–Crippen MR) is 86.1 cm³/mol. The Labute approximate surface area is 132 Å². The molecule has 0 spiro atoms. The smallest absolute Gasteiger partial charge is 0.130 e. The average Bonchev–Trinajstić information content (AvgIpc) is 2.50. The minimum Gasteiger partial charge on any atom is -0.491 e. The van der Waals surface area contributed by atoms with Gasteiger partial charge in [0.05, 0.1) is 6.61 Å². The zero-order valence-electron chi connectivity index (χ0n) is 13.6. The molecule has 1 aromatic carbocycles. The Bertz CT molecular complexity index is 456. The Hall–Kier alpha value is -1.43. The number of β-amino-alcohol motifs (C(OH)–C–C–N with tert-alkyl or cyclic N) is 1. The molecule has 1 rings (SSSR count). The Kier molecular flexibility index (Phi) is 7.51. The van der Waals surface area contributed by atoms with E-state index in [9.17, 15) is 9.90 Å². The van der Waals surface area contributed by atoms with Crippen LogP contribution in [0.5, 0.6) is 5.75 Å². The van der Waals surface area contributed by atoms with Crippen molar-refractivity contribution in [1.82, 2.24) is 5.32 Å². The van der Waals surface area contributed by atoms with Gasteiger partial charge in [-0.3, -0.25) is 0 Å². The van der Waals surface area contributed by atoms with E-state index < -0.39 is 11.6 Å². The van der Waals surface area contributed by atoms with Gasteiger partial charge in [0.15, 0.2) is 0 Å². The lowest BCUT2D eigenvalue weighted by molar-refractivity contribution is -0.116. The van der Waals surface area contributed by atoms with E-state index in [0.717, 1.165) is 12.0 Å². The number of aliphatic hydroxyl groups excluding tert-OH is 2. The molecule has 0 heterocycles. The molecule has 0 saturated heterocycles. The first-order chi connectivity index (χ1) is 10.3. The van der Waals surface area contributed by atoms with E-state index in [1.165, 1.54) is 0 Å². The number of ketones is 1. The summed E-state index contributed by atoms with van der Waals surface area (Å²) >= 11 is 0. The number of Topliss-reactive ketones (excluding diaryl/α,β-unsaturated/α-hetero) is 1. The molecule has 0 aliphatic rings. The average molecular weight is 309 g/mol. The largest absolute Gasteiger partial charge is 0.491 e. The van der Waals surface area contributed by atoms with E-state index in [-0.39, 0.29) is 19.0 Å². The van der Waals surface area contributed by atoms with Crippen LogP contribution in [0.1, 0.15) is 32.8 Å². The Balaban J connectivity index is 2.33. The highest BCUT2D eigenvalue weighted by Gasteiger charge is 2.17. The minimum atomic E-state index is -0.650. The quantitative estimate of drug-likeness (QED) is 0.607. The van der Waals surface area contributed by atoms with E-state index in [1.807, 2.05) is 38.1 Å². The maximum Gasteiger partial charge on any atom is 0.130 e. The zero-order chi connectivity index (χ0) is 16.6. The van der Waals surface area contributed by atoms with Crippen LogP contribution >= 0.6 is 0 Å². The summed E-state index contributed by atoms with van der Waals surface area (Å²) in [5, 5.41) is 22.1. The van der Waals surface area contributed by atoms with E-state index in [2.05, 4.69) is 5.32 Å². The van der Waals surface area contributed by atoms with Crippen molar-refractivity contribution < 1.29 is 19.7 Å². The maximum atomic E-state index is 10.9. The van der Waals surface area contributed by atoms with Gasteiger partial charge in [-0.15, -0.1) is 0 Å². The summed E-state index contributed by atoms with van der Waals surface area (Å²) in [6, 6.07) is 7.54. The Morgan fingerprint density at radius 1 is 1.32 bits per heavy atom. The second kappa shape index (κ2) is 8.88. The van der Waals surface area contributed by atoms with Crippen molar-refractivity contribution in [2.24, 2.45) is 0 Å². The monoisotopic (exact) mass is 309 g/mol. The molecule has 0 saturated carbocycles. The molecule has 0 radical (unpaired) electrons. The van der Waals surface area contributed by atoms with E-state index in [1.54, 1.807) is 6.92 Å². The molecule has 0 aromatic heterocycles. The SMILES string of the molecule is CC(=O)CCc1ccc(OC[C@@H](O)CNC(C)(C)CO)cc1. The van der Waals surface area contributed by atoms with Crippen molar-refractivity contribution in [3.05, 3.63) is 29.8 Å². The third-order valence-electron chi connectivity index (χ3n) is 3.34. The summed E-state index contributed by atoms with van der Waals surface area (Å²) in [6.07, 6.45) is 0.632. The fourth-order valence-corrected chi connectivity index (χ4v) is 1.77. The summed E-state index contributed by atoms with van der Waals surface area (Å²) in [5.74, 6) is 0.869. The number of nitrogens with one attached hydrogen (secondary N) is 1. The molecule has 0 bridgehead atoms. The standard InChI is InChI=1S/C17H27NO4/c1-13(20)4-5-14-6-8-16(9-7-14)22-11-15(21)10-18-17(2,3)12-19/h6-9,15,18-19,21H,4-5,10-12H2,1-3H3/t15-/m0/s1. The van der Waals surface area contributed by atoms with Gasteiger partial charge in [-0.05, 0) is 44.9 Å². The molecule has 5 nitrogen and oxygen atoms in total. The first kappa shape index (κ1) is 18.6. The first-order valence-electron chi connectivity index (χ1n) is 7.57. The van der Waals surface area contributed by atoms with Crippen LogP contribution < -0.4 is 10.1 Å². The number of hydrogen-bond donors (Lipinski definition) is 3. The highest BCUT2D eigenvalue weighted by Crippen LogP contribution is 2.14. The van der Waals surface area contributed by atoms with Gasteiger partial charge in [-0.1, -0.05) is 12.1 Å². The van der Waals surface area contributed by atoms with E-state index in [4.69, 9.17) is 9.84 Å². The number of benzene rings is 1. The number of carbonyl (C=O) groups excluding carboxylic acids is 1. The van der Waals surface area contributed by atoms with Gasteiger partial charge in [0.25, 0.3) is 0 Å². The van der Waals surface area contributed by atoms with Crippen LogP contribution in [0.2, 0.25) is 0 Å². The lowest BCUT2D eigenvalue weighted by Crippen LogP contribution is -2.47. The van der Waals surface area contributed by atoms with Crippen LogP contribution in [0.3, 0.4) is 0 Å². The molecule has 0 aliphatic carbocycles. The molecule has 0 unspecified atom stereocenters. The van der Waals surface area contributed by atoms with Gasteiger partial charge in [0.1, 0.15) is 24.2 Å². The number of hydrogen-bond acceptors (Lipinski definition) is 5. The lowest BCUT2D eigenvalue weighted by atomic mass is 10.1. The van der Waals surface area contributed by atoms with Crippen molar-refractivity contribution >= 4 is 5.78 Å². The fraction of sp³-hybridized carbons (Fsp3) is 0.588. The third-order valence-corrected chi connectivity index (χ3v) is 3.34. The molecule has 5 heteroatoms. The van der Waals surface area contributed by atoms with Gasteiger partial charge in [-0.25, -0.2) is 0 Å². The zero-order valence-corrected chi connectivity index (χ0v) is 13.6. The number of carbonyl (C=O) groups is 1. The molecule has 0 amide bonds. The van der Waals surface area contributed by atoms with Crippen molar-refractivity contribution in [1.29, 1.82) is 0 Å². The molecule has 124 valence electrons. The van der Waals surface area contributed by atoms with Crippen LogP contribution in [0.25, 0.3) is 0 Å². The predicted octanol–water partition coefficient (Wildman–Crippen LogP) is 1.31. The fourth-order valence-electron chi connectivity index (χ4n) is 1.77. The van der Waals surface area contributed by atoms with Crippen molar-refractivity contribution in [2.75, 3.05) is 19.8 Å². The molecule has 22 heavy (non-hydrogen) atoms. The molecular formula is C17H27NO4. The van der Waals surface area contributed by atoms with Gasteiger partial charge in [0, 0.05) is 18.5 Å². The van der Waals surface area contributed by atoms with Crippen LogP contribution in [0.15, 0.2) is 24.3 Å². The van der Waals surface area contributed by atoms with Gasteiger partial charge in [-0.2, -0.15) is 0 Å². The third kappa shape index (κ3) is 7.54. The first-order valence-corrected chi connectivity index (χ1v) is 7.57. The molecule has 0 aliphatic heterocycles. The number of ether oxygens (including phenoxy) is 1. The second-order valence-electron chi connectivity index (χ2n) is 6.23. The highest BCUT2D eigenvalue weighted by atomic mass is 16.5. The number of rotatable bonds is 10. The van der Waals surface area contributed by atoms with E-state index in [0.29, 0.717) is 18.7 Å². The summed E-state index contributed by atoms with van der Waals surface area (Å²) in [5.41, 5.74) is 0.675. The molecule has 1 atom stereocenters. The number of aliphatic hydroxyl groups is 2. The molecule has 1 aromatic rings. The van der Waals surface area contributed by atoms with Gasteiger partial charge < -0.3 is 25.1 Å². The topological polar surface area (TPSA) is 78.8 Å². The normalized spacial score (nSPS) is 13.0. The van der Waals surface area contributed by atoms with Gasteiger partial charge in [0.2, 0.25) is 0 Å². The Morgan fingerprint density at radius 3 is 2.50 bits per heavy atom. The summed E-state index contributed by atoms with van der Waals surface area (Å²) in [7, 11) is 0.